The number of carbonyl (C=O) groups is 1. The summed E-state index contributed by atoms with van der Waals surface area (Å²) < 4.78 is 5.53. The molecule has 1 aromatic carbocycles. The molecule has 0 radical (unpaired) electrons. The minimum absolute atomic E-state index is 0.158. The van der Waals surface area contributed by atoms with Gasteiger partial charge in [0.2, 0.25) is 0 Å². The molecule has 17 heavy (non-hydrogen) atoms. The van der Waals surface area contributed by atoms with Crippen LogP contribution in [0.5, 0.6) is 0 Å². The van der Waals surface area contributed by atoms with Crippen molar-refractivity contribution in [2.45, 2.75) is 6.92 Å². The van der Waals surface area contributed by atoms with E-state index in [0.717, 1.165) is 16.5 Å². The van der Waals surface area contributed by atoms with Crippen LogP contribution in [-0.2, 0) is 0 Å². The zero-order valence-electron chi connectivity index (χ0n) is 9.14. The SMILES string of the molecule is Cc1ccc2oc(C(=O)c3nccs3)cc2c1. The molecule has 84 valence electrons. The van der Waals surface area contributed by atoms with Crippen LogP contribution in [0.2, 0.25) is 0 Å². The Morgan fingerprint density at radius 1 is 1.35 bits per heavy atom. The van der Waals surface area contributed by atoms with Crippen LogP contribution in [0.25, 0.3) is 11.0 Å². The highest BCUT2D eigenvalue weighted by Crippen LogP contribution is 2.23. The van der Waals surface area contributed by atoms with Crippen LogP contribution in [0.4, 0.5) is 0 Å². The first-order chi connectivity index (χ1) is 8.24. The maximum Gasteiger partial charge on any atom is 0.256 e. The molecule has 0 bridgehead atoms. The van der Waals surface area contributed by atoms with Crippen LogP contribution in [0.3, 0.4) is 0 Å². The maximum absolute atomic E-state index is 12.0. The lowest BCUT2D eigenvalue weighted by Gasteiger charge is -1.90. The summed E-state index contributed by atoms with van der Waals surface area (Å²) in [7, 11) is 0. The molecule has 3 nitrogen and oxygen atoms in total. The Balaban J connectivity index is 2.09. The van der Waals surface area contributed by atoms with Gasteiger partial charge >= 0.3 is 0 Å². The van der Waals surface area contributed by atoms with Crippen molar-refractivity contribution in [1.82, 2.24) is 4.98 Å². The van der Waals surface area contributed by atoms with Crippen molar-refractivity contribution in [3.63, 3.8) is 0 Å². The van der Waals surface area contributed by atoms with Gasteiger partial charge in [-0.3, -0.25) is 4.79 Å². The second-order valence-electron chi connectivity index (χ2n) is 3.82. The van der Waals surface area contributed by atoms with Gasteiger partial charge in [-0.25, -0.2) is 4.98 Å². The van der Waals surface area contributed by atoms with Crippen LogP contribution < -0.4 is 0 Å². The Hall–Kier alpha value is -1.94. The van der Waals surface area contributed by atoms with E-state index in [0.29, 0.717) is 10.8 Å². The Morgan fingerprint density at radius 2 is 2.24 bits per heavy atom. The lowest BCUT2D eigenvalue weighted by molar-refractivity contribution is 0.101. The molecule has 4 heteroatoms. The molecule has 0 aliphatic heterocycles. The number of aromatic nitrogens is 1. The second kappa shape index (κ2) is 3.82. The fourth-order valence-corrected chi connectivity index (χ4v) is 2.30. The van der Waals surface area contributed by atoms with E-state index < -0.39 is 0 Å². The van der Waals surface area contributed by atoms with Gasteiger partial charge < -0.3 is 4.42 Å². The summed E-state index contributed by atoms with van der Waals surface area (Å²) in [5.74, 6) is 0.189. The molecule has 3 aromatic rings. The number of hydrogen-bond acceptors (Lipinski definition) is 4. The van der Waals surface area contributed by atoms with Crippen molar-refractivity contribution in [3.8, 4) is 0 Å². The van der Waals surface area contributed by atoms with Crippen LogP contribution in [-0.4, -0.2) is 10.8 Å². The number of hydrogen-bond donors (Lipinski definition) is 0. The van der Waals surface area contributed by atoms with Gasteiger partial charge in [0, 0.05) is 17.0 Å². The first kappa shape index (κ1) is 10.2. The number of carbonyl (C=O) groups excluding carboxylic acids is 1. The van der Waals surface area contributed by atoms with Gasteiger partial charge in [0.25, 0.3) is 5.78 Å². The third-order valence-corrected chi connectivity index (χ3v) is 3.29. The molecule has 0 atom stereocenters. The molecule has 0 aliphatic rings. The van der Waals surface area contributed by atoms with Crippen molar-refractivity contribution in [1.29, 1.82) is 0 Å². The van der Waals surface area contributed by atoms with Gasteiger partial charge in [-0.2, -0.15) is 0 Å². The molecule has 0 N–H and O–H groups in total. The predicted octanol–water partition coefficient (Wildman–Crippen LogP) is 3.43. The van der Waals surface area contributed by atoms with Crippen molar-refractivity contribution in [2.24, 2.45) is 0 Å². The van der Waals surface area contributed by atoms with Crippen LogP contribution in [0.15, 0.2) is 40.3 Å². The van der Waals surface area contributed by atoms with Gasteiger partial charge in [0.05, 0.1) is 0 Å². The van der Waals surface area contributed by atoms with Crippen molar-refractivity contribution in [2.75, 3.05) is 0 Å². The molecule has 2 heterocycles. The monoisotopic (exact) mass is 243 g/mol. The normalized spacial score (nSPS) is 10.9. The molecule has 0 unspecified atom stereocenters. The van der Waals surface area contributed by atoms with Crippen LogP contribution in [0.1, 0.15) is 21.1 Å². The highest BCUT2D eigenvalue weighted by atomic mass is 32.1. The van der Waals surface area contributed by atoms with Gasteiger partial charge in [0.1, 0.15) is 5.58 Å². The quantitative estimate of drug-likeness (QED) is 0.647. The average molecular weight is 243 g/mol. The Bertz CT molecular complexity index is 683. The second-order valence-corrected chi connectivity index (χ2v) is 4.71. The minimum atomic E-state index is -0.158. The first-order valence-electron chi connectivity index (χ1n) is 5.18. The summed E-state index contributed by atoms with van der Waals surface area (Å²) in [6.07, 6.45) is 1.62. The largest absolute Gasteiger partial charge is 0.452 e. The fraction of sp³-hybridized carbons (Fsp3) is 0.0769. The molecule has 3 rings (SSSR count). The first-order valence-corrected chi connectivity index (χ1v) is 6.06. The summed E-state index contributed by atoms with van der Waals surface area (Å²) in [5.41, 5.74) is 1.88. The van der Waals surface area contributed by atoms with Gasteiger partial charge in [0.15, 0.2) is 10.8 Å². The topological polar surface area (TPSA) is 43.1 Å². The number of fused-ring (bicyclic) bond motifs is 1. The Morgan fingerprint density at radius 3 is 3.00 bits per heavy atom. The van der Waals surface area contributed by atoms with Crippen molar-refractivity contribution >= 4 is 28.1 Å². The number of furan rings is 1. The maximum atomic E-state index is 12.0. The summed E-state index contributed by atoms with van der Waals surface area (Å²) in [4.78, 5) is 16.0. The van der Waals surface area contributed by atoms with E-state index >= 15 is 0 Å². The molecule has 0 fully saturated rings. The lowest BCUT2D eigenvalue weighted by atomic mass is 10.2. The van der Waals surface area contributed by atoms with E-state index in [2.05, 4.69) is 4.98 Å². The smallest absolute Gasteiger partial charge is 0.256 e. The molecule has 0 saturated heterocycles. The summed E-state index contributed by atoms with van der Waals surface area (Å²) in [5, 5.41) is 3.19. The molecule has 0 spiro atoms. The Kier molecular flexibility index (Phi) is 2.30. The summed E-state index contributed by atoms with van der Waals surface area (Å²) in [6, 6.07) is 7.61. The van der Waals surface area contributed by atoms with E-state index in [9.17, 15) is 4.79 Å². The zero-order chi connectivity index (χ0) is 11.8. The van der Waals surface area contributed by atoms with Gasteiger partial charge in [-0.1, -0.05) is 11.6 Å². The van der Waals surface area contributed by atoms with E-state index in [1.54, 1.807) is 17.6 Å². The van der Waals surface area contributed by atoms with Gasteiger partial charge in [-0.05, 0) is 25.1 Å². The summed E-state index contributed by atoms with van der Waals surface area (Å²) >= 11 is 1.32. The van der Waals surface area contributed by atoms with Crippen molar-refractivity contribution < 1.29 is 9.21 Å². The highest BCUT2D eigenvalue weighted by Gasteiger charge is 2.16. The fourth-order valence-electron chi connectivity index (χ4n) is 1.72. The number of rotatable bonds is 2. The molecule has 0 amide bonds. The lowest BCUT2D eigenvalue weighted by Crippen LogP contribution is -1.97. The molecule has 0 saturated carbocycles. The van der Waals surface area contributed by atoms with Crippen molar-refractivity contribution in [3.05, 3.63) is 52.2 Å². The third-order valence-electron chi connectivity index (χ3n) is 2.52. The molecular weight excluding hydrogens is 234 g/mol. The third kappa shape index (κ3) is 1.76. The number of aryl methyl sites for hydroxylation is 1. The number of ketones is 1. The summed E-state index contributed by atoms with van der Waals surface area (Å²) in [6.45, 7) is 2.01. The number of thiazole rings is 1. The van der Waals surface area contributed by atoms with E-state index in [-0.39, 0.29) is 5.78 Å². The van der Waals surface area contributed by atoms with Crippen LogP contribution >= 0.6 is 11.3 Å². The molecule has 0 aliphatic carbocycles. The van der Waals surface area contributed by atoms with Gasteiger partial charge in [-0.15, -0.1) is 11.3 Å². The molecular formula is C13H9NO2S. The van der Waals surface area contributed by atoms with E-state index in [1.165, 1.54) is 11.3 Å². The number of nitrogens with zero attached hydrogens (tertiary/aromatic N) is 1. The Labute approximate surface area is 102 Å². The van der Waals surface area contributed by atoms with E-state index in [1.807, 2.05) is 25.1 Å². The van der Waals surface area contributed by atoms with Crippen LogP contribution in [0, 0.1) is 6.92 Å². The minimum Gasteiger partial charge on any atom is -0.452 e. The van der Waals surface area contributed by atoms with E-state index in [4.69, 9.17) is 4.42 Å². The standard InChI is InChI=1S/C13H9NO2S/c1-8-2-3-10-9(6-8)7-11(16-10)12(15)13-14-4-5-17-13/h2-7H,1H3. The highest BCUT2D eigenvalue weighted by molar-refractivity contribution is 7.11. The zero-order valence-corrected chi connectivity index (χ0v) is 9.95. The molecule has 2 aromatic heterocycles. The predicted molar refractivity (Wildman–Crippen MR) is 66.5 cm³/mol. The number of benzene rings is 1. The average Bonchev–Trinajstić information content (AvgIpc) is 2.96.